The monoisotopic (exact) mass is 271 g/mol. The topological polar surface area (TPSA) is 50.1 Å². The Balaban J connectivity index is 3.06. The summed E-state index contributed by atoms with van der Waals surface area (Å²) in [5.41, 5.74) is 1.53. The second-order valence-electron chi connectivity index (χ2n) is 3.30. The summed E-state index contributed by atoms with van der Waals surface area (Å²) in [6, 6.07) is 5.38. The molecular weight excluding hydrogens is 261 g/mol. The Morgan fingerprint density at radius 3 is 2.65 bits per heavy atom. The van der Waals surface area contributed by atoms with Crippen molar-refractivity contribution in [3.63, 3.8) is 0 Å². The van der Waals surface area contributed by atoms with Gasteiger partial charge in [0.05, 0.1) is 23.6 Å². The van der Waals surface area contributed by atoms with Crippen LogP contribution in [-0.2, 0) is 21.8 Å². The number of nitriles is 1. The van der Waals surface area contributed by atoms with Crippen LogP contribution in [0.15, 0.2) is 12.1 Å². The van der Waals surface area contributed by atoms with Crippen molar-refractivity contribution in [3.8, 4) is 6.07 Å². The predicted molar refractivity (Wildman–Crippen MR) is 66.1 cm³/mol. The number of rotatable bonds is 4. The van der Waals surface area contributed by atoms with Gasteiger partial charge in [0.1, 0.15) is 6.07 Å². The molecular formula is C12H11Cl2NO2. The van der Waals surface area contributed by atoms with Gasteiger partial charge >= 0.3 is 5.97 Å². The summed E-state index contributed by atoms with van der Waals surface area (Å²) >= 11 is 11.7. The maximum Gasteiger partial charge on any atom is 0.310 e. The minimum absolute atomic E-state index is 0.0407. The highest BCUT2D eigenvalue weighted by molar-refractivity contribution is 6.33. The van der Waals surface area contributed by atoms with Crippen molar-refractivity contribution < 1.29 is 9.53 Å². The van der Waals surface area contributed by atoms with Crippen LogP contribution < -0.4 is 0 Å². The summed E-state index contributed by atoms with van der Waals surface area (Å²) in [7, 11) is 0. The highest BCUT2D eigenvalue weighted by Crippen LogP contribution is 2.26. The Labute approximate surface area is 110 Å². The lowest BCUT2D eigenvalue weighted by atomic mass is 10.0. The smallest absolute Gasteiger partial charge is 0.310 e. The Hall–Kier alpha value is -1.24. The van der Waals surface area contributed by atoms with Gasteiger partial charge in [-0.15, -0.1) is 11.6 Å². The lowest BCUT2D eigenvalue weighted by Crippen LogP contribution is -2.09. The molecule has 0 aliphatic carbocycles. The van der Waals surface area contributed by atoms with E-state index in [0.717, 1.165) is 0 Å². The largest absolute Gasteiger partial charge is 0.466 e. The number of benzene rings is 1. The maximum atomic E-state index is 11.3. The molecule has 0 aliphatic rings. The second-order valence-corrected chi connectivity index (χ2v) is 3.95. The van der Waals surface area contributed by atoms with Gasteiger partial charge in [0.15, 0.2) is 0 Å². The highest BCUT2D eigenvalue weighted by atomic mass is 35.5. The molecule has 0 N–H and O–H groups in total. The van der Waals surface area contributed by atoms with Gasteiger partial charge in [-0.1, -0.05) is 23.7 Å². The van der Waals surface area contributed by atoms with E-state index in [4.69, 9.17) is 33.2 Å². The van der Waals surface area contributed by atoms with Crippen LogP contribution in [0.5, 0.6) is 0 Å². The zero-order valence-electron chi connectivity index (χ0n) is 9.30. The fourth-order valence-corrected chi connectivity index (χ4v) is 1.98. The van der Waals surface area contributed by atoms with Crippen molar-refractivity contribution in [3.05, 3.63) is 33.8 Å². The summed E-state index contributed by atoms with van der Waals surface area (Å²) in [4.78, 5) is 11.3. The summed E-state index contributed by atoms with van der Waals surface area (Å²) < 4.78 is 4.82. The average Bonchev–Trinajstić information content (AvgIpc) is 2.30. The molecule has 0 fully saturated rings. The van der Waals surface area contributed by atoms with Crippen LogP contribution in [0.4, 0.5) is 0 Å². The Kier molecular flexibility index (Phi) is 5.27. The zero-order chi connectivity index (χ0) is 12.8. The molecule has 0 radical (unpaired) electrons. The number of hydrogen-bond acceptors (Lipinski definition) is 3. The molecule has 17 heavy (non-hydrogen) atoms. The number of nitrogens with zero attached hydrogens (tertiary/aromatic N) is 1. The Bertz CT molecular complexity index is 466. The molecule has 0 amide bonds. The molecule has 1 aromatic carbocycles. The van der Waals surface area contributed by atoms with Crippen molar-refractivity contribution in [2.75, 3.05) is 6.61 Å². The molecule has 0 bridgehead atoms. The molecule has 90 valence electrons. The van der Waals surface area contributed by atoms with Crippen LogP contribution in [0.1, 0.15) is 23.6 Å². The van der Waals surface area contributed by atoms with Gasteiger partial charge in [-0.05, 0) is 18.1 Å². The molecule has 0 atom stereocenters. The summed E-state index contributed by atoms with van der Waals surface area (Å²) in [6.07, 6.45) is 0.0407. The fourth-order valence-electron chi connectivity index (χ4n) is 1.40. The third kappa shape index (κ3) is 3.36. The minimum Gasteiger partial charge on any atom is -0.466 e. The molecule has 1 aromatic rings. The molecule has 5 heteroatoms. The molecule has 3 nitrogen and oxygen atoms in total. The number of halogens is 2. The van der Waals surface area contributed by atoms with E-state index in [1.54, 1.807) is 19.1 Å². The van der Waals surface area contributed by atoms with Crippen LogP contribution >= 0.6 is 23.2 Å². The van der Waals surface area contributed by atoms with E-state index < -0.39 is 0 Å². The Morgan fingerprint density at radius 2 is 2.12 bits per heavy atom. The lowest BCUT2D eigenvalue weighted by molar-refractivity contribution is -0.142. The molecule has 0 heterocycles. The van der Waals surface area contributed by atoms with Crippen LogP contribution in [0, 0.1) is 11.3 Å². The third-order valence-corrected chi connectivity index (χ3v) is 2.92. The molecule has 0 aromatic heterocycles. The SMILES string of the molecule is CCOC(=O)Cc1ccc(CCl)c(Cl)c1C#N. The minimum atomic E-state index is -0.376. The van der Waals surface area contributed by atoms with E-state index in [1.165, 1.54) is 0 Å². The first-order valence-electron chi connectivity index (χ1n) is 5.06. The van der Waals surface area contributed by atoms with E-state index in [-0.39, 0.29) is 23.8 Å². The fraction of sp³-hybridized carbons (Fsp3) is 0.333. The molecule has 0 aliphatic heterocycles. The summed E-state index contributed by atoms with van der Waals surface area (Å²) in [6.45, 7) is 2.04. The number of ether oxygens (including phenoxy) is 1. The second kappa shape index (κ2) is 6.48. The van der Waals surface area contributed by atoms with E-state index in [9.17, 15) is 4.79 Å². The average molecular weight is 272 g/mol. The summed E-state index contributed by atoms with van der Waals surface area (Å²) in [5.74, 6) is -0.147. The number of alkyl halides is 1. The van der Waals surface area contributed by atoms with Crippen LogP contribution in [-0.4, -0.2) is 12.6 Å². The first-order valence-corrected chi connectivity index (χ1v) is 5.97. The normalized spacial score (nSPS) is 9.76. The number of carbonyl (C=O) groups excluding carboxylic acids is 1. The van der Waals surface area contributed by atoms with Crippen molar-refractivity contribution in [1.29, 1.82) is 5.26 Å². The van der Waals surface area contributed by atoms with E-state index >= 15 is 0 Å². The Morgan fingerprint density at radius 1 is 1.47 bits per heavy atom. The molecule has 0 saturated carbocycles. The van der Waals surface area contributed by atoms with Gasteiger partial charge in [0.2, 0.25) is 0 Å². The maximum absolute atomic E-state index is 11.3. The quantitative estimate of drug-likeness (QED) is 0.625. The van der Waals surface area contributed by atoms with E-state index in [0.29, 0.717) is 22.8 Å². The zero-order valence-corrected chi connectivity index (χ0v) is 10.8. The van der Waals surface area contributed by atoms with Gasteiger partial charge in [-0.3, -0.25) is 4.79 Å². The highest BCUT2D eigenvalue weighted by Gasteiger charge is 2.14. The number of esters is 1. The lowest BCUT2D eigenvalue weighted by Gasteiger charge is -2.08. The van der Waals surface area contributed by atoms with Crippen molar-refractivity contribution in [1.82, 2.24) is 0 Å². The third-order valence-electron chi connectivity index (χ3n) is 2.20. The van der Waals surface area contributed by atoms with Gasteiger partial charge in [0.25, 0.3) is 0 Å². The molecule has 1 rings (SSSR count). The summed E-state index contributed by atoms with van der Waals surface area (Å²) in [5, 5.41) is 9.34. The standard InChI is InChI=1S/C12H11Cl2NO2/c1-2-17-11(16)5-8-3-4-9(6-13)12(14)10(8)7-15/h3-4H,2,5-6H2,1H3. The molecule has 0 spiro atoms. The van der Waals surface area contributed by atoms with Gasteiger partial charge in [0, 0.05) is 5.88 Å². The van der Waals surface area contributed by atoms with Crippen molar-refractivity contribution >= 4 is 29.2 Å². The molecule has 0 unspecified atom stereocenters. The number of hydrogen-bond donors (Lipinski definition) is 0. The van der Waals surface area contributed by atoms with Gasteiger partial charge < -0.3 is 4.74 Å². The van der Waals surface area contributed by atoms with Crippen LogP contribution in [0.2, 0.25) is 5.02 Å². The number of carbonyl (C=O) groups is 1. The molecule has 0 saturated heterocycles. The van der Waals surface area contributed by atoms with Gasteiger partial charge in [-0.2, -0.15) is 5.26 Å². The van der Waals surface area contributed by atoms with Crippen LogP contribution in [0.3, 0.4) is 0 Å². The van der Waals surface area contributed by atoms with E-state index in [1.807, 2.05) is 6.07 Å². The van der Waals surface area contributed by atoms with Crippen molar-refractivity contribution in [2.45, 2.75) is 19.2 Å². The van der Waals surface area contributed by atoms with E-state index in [2.05, 4.69) is 0 Å². The predicted octanol–water partition coefficient (Wildman–Crippen LogP) is 3.06. The van der Waals surface area contributed by atoms with Crippen molar-refractivity contribution in [2.24, 2.45) is 0 Å². The first kappa shape index (κ1) is 13.8. The first-order chi connectivity index (χ1) is 8.13. The van der Waals surface area contributed by atoms with Gasteiger partial charge in [-0.25, -0.2) is 0 Å². The van der Waals surface area contributed by atoms with Crippen LogP contribution in [0.25, 0.3) is 0 Å².